The summed E-state index contributed by atoms with van der Waals surface area (Å²) in [6.45, 7) is 4.01. The van der Waals surface area contributed by atoms with E-state index in [0.717, 1.165) is 5.56 Å². The van der Waals surface area contributed by atoms with E-state index in [1.165, 1.54) is 6.21 Å². The van der Waals surface area contributed by atoms with Crippen molar-refractivity contribution in [2.45, 2.75) is 6.54 Å². The van der Waals surface area contributed by atoms with E-state index in [4.69, 9.17) is 9.47 Å². The van der Waals surface area contributed by atoms with E-state index in [-0.39, 0.29) is 17.9 Å². The summed E-state index contributed by atoms with van der Waals surface area (Å²) in [6.07, 6.45) is 3.18. The SMILES string of the molecule is C=CCOc1ccc(/C=N\NC(=O)Cn2c3ccccc3c(=O)c3ccccc32)cc1OC. The summed E-state index contributed by atoms with van der Waals surface area (Å²) in [6, 6.07) is 19.9. The Labute approximate surface area is 190 Å². The molecular formula is C26H23N3O4. The van der Waals surface area contributed by atoms with Crippen LogP contribution in [0.5, 0.6) is 11.5 Å². The van der Waals surface area contributed by atoms with Crippen molar-refractivity contribution < 1.29 is 14.3 Å². The Hall–Kier alpha value is -4.39. The molecule has 0 aliphatic rings. The first-order chi connectivity index (χ1) is 16.1. The number of rotatable bonds is 8. The van der Waals surface area contributed by atoms with Gasteiger partial charge in [0, 0.05) is 10.8 Å². The van der Waals surface area contributed by atoms with Crippen LogP contribution in [0.15, 0.2) is 89.3 Å². The summed E-state index contributed by atoms with van der Waals surface area (Å²) in [5.74, 6) is 0.831. The van der Waals surface area contributed by atoms with E-state index in [1.54, 1.807) is 43.5 Å². The minimum Gasteiger partial charge on any atom is -0.493 e. The number of carbonyl (C=O) groups excluding carboxylic acids is 1. The zero-order valence-corrected chi connectivity index (χ0v) is 18.2. The van der Waals surface area contributed by atoms with Gasteiger partial charge in [0.05, 0.1) is 24.4 Å². The summed E-state index contributed by atoms with van der Waals surface area (Å²) in [5.41, 5.74) is 4.63. The van der Waals surface area contributed by atoms with Crippen molar-refractivity contribution in [3.05, 3.63) is 95.2 Å². The number of methoxy groups -OCH3 is 1. The van der Waals surface area contributed by atoms with Crippen LogP contribution in [0.1, 0.15) is 5.56 Å². The van der Waals surface area contributed by atoms with Gasteiger partial charge in [-0.1, -0.05) is 36.9 Å². The summed E-state index contributed by atoms with van der Waals surface area (Å²) in [7, 11) is 1.55. The molecule has 7 heteroatoms. The molecule has 0 radical (unpaired) electrons. The zero-order chi connectivity index (χ0) is 23.2. The molecule has 1 amide bonds. The molecular weight excluding hydrogens is 418 g/mol. The molecule has 4 rings (SSSR count). The second-order valence-electron chi connectivity index (χ2n) is 7.25. The highest BCUT2D eigenvalue weighted by Crippen LogP contribution is 2.27. The Morgan fingerprint density at radius 2 is 1.70 bits per heavy atom. The molecule has 0 bridgehead atoms. The number of para-hydroxylation sites is 2. The molecule has 7 nitrogen and oxygen atoms in total. The monoisotopic (exact) mass is 441 g/mol. The number of benzene rings is 3. The van der Waals surface area contributed by atoms with Gasteiger partial charge in [0.2, 0.25) is 0 Å². The molecule has 1 aromatic heterocycles. The van der Waals surface area contributed by atoms with Crippen LogP contribution in [0.3, 0.4) is 0 Å². The van der Waals surface area contributed by atoms with Crippen molar-refractivity contribution in [2.75, 3.05) is 13.7 Å². The lowest BCUT2D eigenvalue weighted by molar-refractivity contribution is -0.121. The van der Waals surface area contributed by atoms with Gasteiger partial charge in [-0.2, -0.15) is 5.10 Å². The average Bonchev–Trinajstić information content (AvgIpc) is 2.85. The number of nitrogens with zero attached hydrogens (tertiary/aromatic N) is 2. The fraction of sp³-hybridized carbons (Fsp3) is 0.115. The van der Waals surface area contributed by atoms with Crippen LogP contribution in [-0.4, -0.2) is 30.4 Å². The number of ether oxygens (including phenoxy) is 2. The van der Waals surface area contributed by atoms with Crippen LogP contribution >= 0.6 is 0 Å². The van der Waals surface area contributed by atoms with E-state index in [0.29, 0.717) is 39.9 Å². The minimum atomic E-state index is -0.317. The van der Waals surface area contributed by atoms with Crippen LogP contribution < -0.4 is 20.3 Å². The van der Waals surface area contributed by atoms with Gasteiger partial charge >= 0.3 is 0 Å². The average molecular weight is 441 g/mol. The maximum Gasteiger partial charge on any atom is 0.260 e. The summed E-state index contributed by atoms with van der Waals surface area (Å²) in [5, 5.41) is 5.21. The fourth-order valence-corrected chi connectivity index (χ4v) is 3.64. The number of aromatic nitrogens is 1. The predicted molar refractivity (Wildman–Crippen MR) is 130 cm³/mol. The largest absolute Gasteiger partial charge is 0.493 e. The number of carbonyl (C=O) groups is 1. The molecule has 1 N–H and O–H groups in total. The first-order valence-corrected chi connectivity index (χ1v) is 10.4. The molecule has 0 aliphatic heterocycles. The number of fused-ring (bicyclic) bond motifs is 2. The first kappa shape index (κ1) is 21.8. The lowest BCUT2D eigenvalue weighted by atomic mass is 10.1. The van der Waals surface area contributed by atoms with Crippen molar-refractivity contribution >= 4 is 33.9 Å². The van der Waals surface area contributed by atoms with E-state index in [2.05, 4.69) is 17.1 Å². The molecule has 0 saturated carbocycles. The normalized spacial score (nSPS) is 11.1. The smallest absolute Gasteiger partial charge is 0.260 e. The highest BCUT2D eigenvalue weighted by atomic mass is 16.5. The van der Waals surface area contributed by atoms with Gasteiger partial charge in [-0.3, -0.25) is 9.59 Å². The third kappa shape index (κ3) is 4.62. The predicted octanol–water partition coefficient (Wildman–Crippen LogP) is 3.88. The number of hydrazone groups is 1. The van der Waals surface area contributed by atoms with Crippen LogP contribution in [0, 0.1) is 0 Å². The molecule has 33 heavy (non-hydrogen) atoms. The lowest BCUT2D eigenvalue weighted by Gasteiger charge is -2.14. The minimum absolute atomic E-state index is 0.0102. The number of hydrogen-bond acceptors (Lipinski definition) is 5. The van der Waals surface area contributed by atoms with Crippen molar-refractivity contribution in [1.29, 1.82) is 0 Å². The second kappa shape index (κ2) is 9.82. The van der Waals surface area contributed by atoms with Gasteiger partial charge < -0.3 is 14.0 Å². The van der Waals surface area contributed by atoms with Crippen molar-refractivity contribution in [2.24, 2.45) is 5.10 Å². The highest BCUT2D eigenvalue weighted by Gasteiger charge is 2.12. The van der Waals surface area contributed by atoms with Gasteiger partial charge in [-0.25, -0.2) is 5.43 Å². The highest BCUT2D eigenvalue weighted by molar-refractivity contribution is 5.95. The molecule has 3 aromatic carbocycles. The molecule has 0 atom stereocenters. The lowest BCUT2D eigenvalue weighted by Crippen LogP contribution is -2.25. The van der Waals surface area contributed by atoms with Crippen molar-refractivity contribution in [3.63, 3.8) is 0 Å². The van der Waals surface area contributed by atoms with E-state index in [9.17, 15) is 9.59 Å². The maximum atomic E-state index is 12.8. The molecule has 1 heterocycles. The van der Waals surface area contributed by atoms with Crippen LogP contribution in [-0.2, 0) is 11.3 Å². The molecule has 0 fully saturated rings. The van der Waals surface area contributed by atoms with E-state index < -0.39 is 0 Å². The zero-order valence-electron chi connectivity index (χ0n) is 18.2. The van der Waals surface area contributed by atoms with Gasteiger partial charge in [-0.05, 0) is 48.0 Å². The molecule has 0 spiro atoms. The molecule has 0 saturated heterocycles. The summed E-state index contributed by atoms with van der Waals surface area (Å²) >= 11 is 0. The molecule has 0 aliphatic carbocycles. The number of amides is 1. The third-order valence-corrected chi connectivity index (χ3v) is 5.13. The molecule has 0 unspecified atom stereocenters. The van der Waals surface area contributed by atoms with Gasteiger partial charge in [0.25, 0.3) is 5.91 Å². The number of nitrogens with one attached hydrogen (secondary N) is 1. The van der Waals surface area contributed by atoms with Crippen molar-refractivity contribution in [1.82, 2.24) is 9.99 Å². The maximum absolute atomic E-state index is 12.8. The Morgan fingerprint density at radius 1 is 1.03 bits per heavy atom. The Morgan fingerprint density at radius 3 is 2.33 bits per heavy atom. The first-order valence-electron chi connectivity index (χ1n) is 10.4. The van der Waals surface area contributed by atoms with Crippen molar-refractivity contribution in [3.8, 4) is 11.5 Å². The van der Waals surface area contributed by atoms with Crippen LogP contribution in [0.2, 0.25) is 0 Å². The number of pyridine rings is 1. The van der Waals surface area contributed by atoms with Gasteiger partial charge in [0.1, 0.15) is 13.2 Å². The Balaban J connectivity index is 1.55. The Kier molecular flexibility index (Phi) is 6.50. The fourth-order valence-electron chi connectivity index (χ4n) is 3.64. The summed E-state index contributed by atoms with van der Waals surface area (Å²) < 4.78 is 12.7. The summed E-state index contributed by atoms with van der Waals surface area (Å²) in [4.78, 5) is 25.5. The van der Waals surface area contributed by atoms with Gasteiger partial charge in [-0.15, -0.1) is 0 Å². The topological polar surface area (TPSA) is 81.9 Å². The quantitative estimate of drug-likeness (QED) is 0.195. The Bertz CT molecular complexity index is 1360. The molecule has 4 aromatic rings. The van der Waals surface area contributed by atoms with Crippen LogP contribution in [0.4, 0.5) is 0 Å². The van der Waals surface area contributed by atoms with Crippen LogP contribution in [0.25, 0.3) is 21.8 Å². The van der Waals surface area contributed by atoms with Gasteiger partial charge in [0.15, 0.2) is 16.9 Å². The van der Waals surface area contributed by atoms with E-state index in [1.807, 2.05) is 41.0 Å². The standard InChI is InChI=1S/C26H23N3O4/c1-3-14-33-23-13-12-18(15-24(23)32-2)16-27-28-25(30)17-29-21-10-6-4-8-19(21)26(31)20-9-5-7-11-22(20)29/h3-13,15-16H,1,14,17H2,2H3,(H,28,30)/b27-16-. The second-order valence-corrected chi connectivity index (χ2v) is 7.25. The van der Waals surface area contributed by atoms with E-state index >= 15 is 0 Å². The number of hydrogen-bond donors (Lipinski definition) is 1. The third-order valence-electron chi connectivity index (χ3n) is 5.13. The molecule has 166 valence electrons.